The zero-order valence-electron chi connectivity index (χ0n) is 10.6. The van der Waals surface area contributed by atoms with Gasteiger partial charge in [0.25, 0.3) is 5.91 Å². The fourth-order valence-electron chi connectivity index (χ4n) is 1.35. The monoisotopic (exact) mass is 256 g/mol. The summed E-state index contributed by atoms with van der Waals surface area (Å²) in [5, 5.41) is 11.9. The molecule has 6 heteroatoms. The molecule has 0 heterocycles. The van der Waals surface area contributed by atoms with E-state index < -0.39 is 17.3 Å². The quantitative estimate of drug-likeness (QED) is 0.699. The van der Waals surface area contributed by atoms with E-state index in [2.05, 4.69) is 5.32 Å². The van der Waals surface area contributed by atoms with Gasteiger partial charge in [0, 0.05) is 6.54 Å². The molecular formula is C12H17FN2O3. The first kappa shape index (κ1) is 14.2. The van der Waals surface area contributed by atoms with Crippen LogP contribution in [0.5, 0.6) is 5.75 Å². The molecule has 1 rings (SSSR count). The Kier molecular flexibility index (Phi) is 4.13. The maximum absolute atomic E-state index is 13.9. The van der Waals surface area contributed by atoms with E-state index in [9.17, 15) is 14.3 Å². The average molecular weight is 256 g/mol. The summed E-state index contributed by atoms with van der Waals surface area (Å²) in [5.74, 6) is -1.61. The first-order valence-electron chi connectivity index (χ1n) is 5.39. The van der Waals surface area contributed by atoms with Gasteiger partial charge in [-0.25, -0.2) is 4.39 Å². The Balaban J connectivity index is 2.94. The number of nitrogens with two attached hydrogens (primary N) is 1. The molecule has 0 saturated carbocycles. The number of nitrogens with one attached hydrogen (secondary N) is 1. The Labute approximate surface area is 105 Å². The van der Waals surface area contributed by atoms with Crippen LogP contribution in [0.4, 0.5) is 10.1 Å². The molecule has 18 heavy (non-hydrogen) atoms. The molecule has 0 radical (unpaired) electrons. The highest BCUT2D eigenvalue weighted by molar-refractivity contribution is 5.95. The van der Waals surface area contributed by atoms with Crippen molar-refractivity contribution in [1.29, 1.82) is 0 Å². The fourth-order valence-corrected chi connectivity index (χ4v) is 1.35. The minimum Gasteiger partial charge on any atom is -0.492 e. The number of ether oxygens (including phenoxy) is 1. The summed E-state index contributed by atoms with van der Waals surface area (Å²) in [6.45, 7) is 3.08. The molecule has 0 unspecified atom stereocenters. The van der Waals surface area contributed by atoms with Gasteiger partial charge in [0.15, 0.2) is 11.6 Å². The SMILES string of the molecule is COc1c(N)ccc(C(=O)NCC(C)(C)O)c1F. The Morgan fingerprint density at radius 1 is 1.56 bits per heavy atom. The van der Waals surface area contributed by atoms with Gasteiger partial charge >= 0.3 is 0 Å². The van der Waals surface area contributed by atoms with Crippen molar-refractivity contribution in [3.63, 3.8) is 0 Å². The van der Waals surface area contributed by atoms with Crippen LogP contribution in [0, 0.1) is 5.82 Å². The summed E-state index contributed by atoms with van der Waals surface area (Å²) in [5.41, 5.74) is 4.39. The number of halogens is 1. The number of hydrogen-bond acceptors (Lipinski definition) is 4. The Hall–Kier alpha value is -1.82. The molecule has 5 nitrogen and oxygen atoms in total. The van der Waals surface area contributed by atoms with Crippen LogP contribution in [0.15, 0.2) is 12.1 Å². The lowest BCUT2D eigenvalue weighted by atomic mass is 10.1. The molecule has 0 bridgehead atoms. The van der Waals surface area contributed by atoms with Gasteiger partial charge < -0.3 is 20.9 Å². The van der Waals surface area contributed by atoms with Crippen molar-refractivity contribution in [2.45, 2.75) is 19.4 Å². The molecule has 0 spiro atoms. The molecule has 0 aliphatic rings. The lowest BCUT2D eigenvalue weighted by Gasteiger charge is -2.18. The molecule has 0 atom stereocenters. The second kappa shape index (κ2) is 5.22. The molecular weight excluding hydrogens is 239 g/mol. The number of hydrogen-bond donors (Lipinski definition) is 3. The smallest absolute Gasteiger partial charge is 0.254 e. The van der Waals surface area contributed by atoms with Gasteiger partial charge in [0.05, 0.1) is 24.0 Å². The van der Waals surface area contributed by atoms with Crippen LogP contribution in [-0.4, -0.2) is 30.3 Å². The number of methoxy groups -OCH3 is 1. The van der Waals surface area contributed by atoms with Crippen LogP contribution in [0.25, 0.3) is 0 Å². The number of carbonyl (C=O) groups excluding carboxylic acids is 1. The van der Waals surface area contributed by atoms with Crippen LogP contribution >= 0.6 is 0 Å². The number of amides is 1. The van der Waals surface area contributed by atoms with E-state index >= 15 is 0 Å². The Morgan fingerprint density at radius 2 is 2.17 bits per heavy atom. The molecule has 100 valence electrons. The molecule has 0 aliphatic heterocycles. The standard InChI is InChI=1S/C12H17FN2O3/c1-12(2,17)6-15-11(16)7-4-5-8(14)10(18-3)9(7)13/h4-5,17H,6,14H2,1-3H3,(H,15,16). The van der Waals surface area contributed by atoms with E-state index in [-0.39, 0.29) is 23.5 Å². The predicted octanol–water partition coefficient (Wildman–Crippen LogP) is 0.917. The summed E-state index contributed by atoms with van der Waals surface area (Å²) in [4.78, 5) is 11.7. The lowest BCUT2D eigenvalue weighted by Crippen LogP contribution is -2.38. The third kappa shape index (κ3) is 3.33. The van der Waals surface area contributed by atoms with Gasteiger partial charge in [0.2, 0.25) is 0 Å². The largest absolute Gasteiger partial charge is 0.492 e. The lowest BCUT2D eigenvalue weighted by molar-refractivity contribution is 0.0692. The van der Waals surface area contributed by atoms with Crippen molar-refractivity contribution in [2.75, 3.05) is 19.4 Å². The van der Waals surface area contributed by atoms with Crippen molar-refractivity contribution in [3.8, 4) is 5.75 Å². The van der Waals surface area contributed by atoms with Crippen LogP contribution in [0.3, 0.4) is 0 Å². The highest BCUT2D eigenvalue weighted by Crippen LogP contribution is 2.27. The van der Waals surface area contributed by atoms with Gasteiger partial charge in [-0.05, 0) is 26.0 Å². The summed E-state index contributed by atoms with van der Waals surface area (Å²) >= 11 is 0. The molecule has 0 fully saturated rings. The van der Waals surface area contributed by atoms with E-state index in [0.29, 0.717) is 0 Å². The zero-order chi connectivity index (χ0) is 13.9. The number of anilines is 1. The molecule has 1 aromatic carbocycles. The third-order valence-electron chi connectivity index (χ3n) is 2.26. The summed E-state index contributed by atoms with van der Waals surface area (Å²) < 4.78 is 18.7. The minimum absolute atomic E-state index is 0.0119. The number of nitrogen functional groups attached to an aromatic ring is 1. The van der Waals surface area contributed by atoms with Crippen LogP contribution in [-0.2, 0) is 0 Å². The predicted molar refractivity (Wildman–Crippen MR) is 66.0 cm³/mol. The number of carbonyl (C=O) groups is 1. The number of aliphatic hydroxyl groups is 1. The Morgan fingerprint density at radius 3 is 2.67 bits per heavy atom. The maximum Gasteiger partial charge on any atom is 0.254 e. The minimum atomic E-state index is -1.07. The maximum atomic E-state index is 13.9. The number of benzene rings is 1. The molecule has 0 saturated heterocycles. The van der Waals surface area contributed by atoms with Crippen molar-refractivity contribution in [1.82, 2.24) is 5.32 Å². The Bertz CT molecular complexity index is 455. The fraction of sp³-hybridized carbons (Fsp3) is 0.417. The summed E-state index contributed by atoms with van der Waals surface area (Å²) in [6, 6.07) is 2.66. The first-order valence-corrected chi connectivity index (χ1v) is 5.39. The zero-order valence-corrected chi connectivity index (χ0v) is 10.6. The van der Waals surface area contributed by atoms with Gasteiger partial charge in [-0.3, -0.25) is 4.79 Å². The second-order valence-corrected chi connectivity index (χ2v) is 4.54. The van der Waals surface area contributed by atoms with E-state index in [0.717, 1.165) is 0 Å². The summed E-state index contributed by atoms with van der Waals surface area (Å²) in [7, 11) is 1.27. The van der Waals surface area contributed by atoms with Crippen molar-refractivity contribution in [3.05, 3.63) is 23.5 Å². The van der Waals surface area contributed by atoms with Gasteiger partial charge in [-0.15, -0.1) is 0 Å². The molecule has 1 aromatic rings. The van der Waals surface area contributed by atoms with E-state index in [4.69, 9.17) is 10.5 Å². The van der Waals surface area contributed by atoms with Gasteiger partial charge in [-0.2, -0.15) is 0 Å². The van der Waals surface area contributed by atoms with Crippen LogP contribution in [0.2, 0.25) is 0 Å². The van der Waals surface area contributed by atoms with E-state index in [1.165, 1.54) is 33.1 Å². The second-order valence-electron chi connectivity index (χ2n) is 4.54. The molecule has 4 N–H and O–H groups in total. The van der Waals surface area contributed by atoms with E-state index in [1.54, 1.807) is 0 Å². The summed E-state index contributed by atoms with van der Waals surface area (Å²) in [6.07, 6.45) is 0. The van der Waals surface area contributed by atoms with Crippen molar-refractivity contribution >= 4 is 11.6 Å². The van der Waals surface area contributed by atoms with Crippen molar-refractivity contribution < 1.29 is 19.0 Å². The van der Waals surface area contributed by atoms with Crippen molar-refractivity contribution in [2.24, 2.45) is 0 Å². The highest BCUT2D eigenvalue weighted by atomic mass is 19.1. The normalized spacial score (nSPS) is 11.2. The van der Waals surface area contributed by atoms with Crippen LogP contribution in [0.1, 0.15) is 24.2 Å². The average Bonchev–Trinajstić information content (AvgIpc) is 2.26. The van der Waals surface area contributed by atoms with Gasteiger partial charge in [0.1, 0.15) is 0 Å². The molecule has 1 amide bonds. The van der Waals surface area contributed by atoms with E-state index in [1.807, 2.05) is 0 Å². The third-order valence-corrected chi connectivity index (χ3v) is 2.26. The highest BCUT2D eigenvalue weighted by Gasteiger charge is 2.20. The first-order chi connectivity index (χ1) is 8.26. The number of rotatable bonds is 4. The van der Waals surface area contributed by atoms with Crippen LogP contribution < -0.4 is 15.8 Å². The molecule has 0 aliphatic carbocycles. The molecule has 0 aromatic heterocycles. The van der Waals surface area contributed by atoms with Gasteiger partial charge in [-0.1, -0.05) is 0 Å². The topological polar surface area (TPSA) is 84.6 Å².